The van der Waals surface area contributed by atoms with Gasteiger partial charge in [-0.3, -0.25) is 4.79 Å². The third kappa shape index (κ3) is 5.19. The minimum absolute atomic E-state index is 0.126. The van der Waals surface area contributed by atoms with Crippen LogP contribution in [0.25, 0.3) is 11.4 Å². The molecule has 0 bridgehead atoms. The van der Waals surface area contributed by atoms with E-state index in [2.05, 4.69) is 27.7 Å². The molecular formula is C25H30F3N7O. The van der Waals surface area contributed by atoms with E-state index in [0.29, 0.717) is 24.5 Å². The van der Waals surface area contributed by atoms with Crippen molar-refractivity contribution in [2.45, 2.75) is 58.2 Å². The number of aromatic nitrogens is 5. The van der Waals surface area contributed by atoms with E-state index in [1.54, 1.807) is 18.9 Å². The van der Waals surface area contributed by atoms with Gasteiger partial charge in [-0.05, 0) is 75.1 Å². The second kappa shape index (κ2) is 9.51. The van der Waals surface area contributed by atoms with Gasteiger partial charge in [0.1, 0.15) is 5.82 Å². The van der Waals surface area contributed by atoms with Gasteiger partial charge in [0.05, 0.1) is 29.8 Å². The fourth-order valence-corrected chi connectivity index (χ4v) is 4.59. The molecule has 192 valence electrons. The minimum Gasteiger partial charge on any atom is -0.363 e. The molecular weight excluding hydrogens is 471 g/mol. The Hall–Kier alpha value is -3.50. The topological polar surface area (TPSA) is 88.8 Å². The average Bonchev–Trinajstić information content (AvgIpc) is 3.26. The molecule has 0 saturated heterocycles. The first-order valence-corrected chi connectivity index (χ1v) is 11.9. The number of rotatable bonds is 6. The van der Waals surface area contributed by atoms with Gasteiger partial charge in [0.15, 0.2) is 0 Å². The number of halogens is 3. The third-order valence-corrected chi connectivity index (χ3v) is 6.75. The van der Waals surface area contributed by atoms with Crippen LogP contribution in [0.2, 0.25) is 0 Å². The number of carbonyl (C=O) groups is 1. The Bertz CT molecular complexity index is 1260. The summed E-state index contributed by atoms with van der Waals surface area (Å²) in [5.41, 5.74) is 2.08. The van der Waals surface area contributed by atoms with Crippen molar-refractivity contribution < 1.29 is 18.0 Å². The molecule has 1 aliphatic rings. The number of nitrogens with one attached hydrogen (secondary N) is 1. The molecule has 0 radical (unpaired) electrons. The summed E-state index contributed by atoms with van der Waals surface area (Å²) < 4.78 is 38.7. The predicted octanol–water partition coefficient (Wildman–Crippen LogP) is 4.37. The average molecular weight is 502 g/mol. The summed E-state index contributed by atoms with van der Waals surface area (Å²) in [5, 5.41) is 15.8. The van der Waals surface area contributed by atoms with Crippen molar-refractivity contribution in [2.24, 2.45) is 7.05 Å². The number of hydrogen-bond donors (Lipinski definition) is 1. The normalized spacial score (nSPS) is 18.3. The molecule has 8 nitrogen and oxygen atoms in total. The van der Waals surface area contributed by atoms with E-state index in [4.69, 9.17) is 4.98 Å². The van der Waals surface area contributed by atoms with Crippen LogP contribution in [-0.2, 0) is 24.4 Å². The standard InChI is InChI=1S/C25H30F3N7O/c1-6-35(23(36)15(2)17-7-9-19(10-8-17)25(26,27)28)14-24(4)12-11-18-13-20(16(3)29-21(18)30-24)22-31-33-34(5)32-22/h7-10,13,15H,6,11-12,14H2,1-5H3,(H,29,30)/t15-,24+/m0/s1. The van der Waals surface area contributed by atoms with Crippen LogP contribution in [0.3, 0.4) is 0 Å². The van der Waals surface area contributed by atoms with Crippen molar-refractivity contribution in [3.8, 4) is 11.4 Å². The SMILES string of the molecule is CCN(C[C@@]1(C)CCc2cc(-c3nnn(C)n3)c(C)nc2N1)C(=O)[C@@H](C)c1ccc(C(F)(F)F)cc1. The molecule has 0 saturated carbocycles. The van der Waals surface area contributed by atoms with Crippen LogP contribution >= 0.6 is 0 Å². The van der Waals surface area contributed by atoms with E-state index in [1.165, 1.54) is 16.9 Å². The number of carbonyl (C=O) groups excluding carboxylic acids is 1. The zero-order chi connectivity index (χ0) is 26.3. The molecule has 4 rings (SSSR count). The summed E-state index contributed by atoms with van der Waals surface area (Å²) >= 11 is 0. The molecule has 1 aliphatic heterocycles. The van der Waals surface area contributed by atoms with Crippen molar-refractivity contribution in [3.63, 3.8) is 0 Å². The van der Waals surface area contributed by atoms with Crippen molar-refractivity contribution in [3.05, 3.63) is 52.7 Å². The summed E-state index contributed by atoms with van der Waals surface area (Å²) in [4.78, 5) is 21.2. The lowest BCUT2D eigenvalue weighted by Crippen LogP contribution is -2.51. The maximum Gasteiger partial charge on any atom is 0.416 e. The van der Waals surface area contributed by atoms with Gasteiger partial charge >= 0.3 is 6.18 Å². The Morgan fingerprint density at radius 3 is 2.56 bits per heavy atom. The number of hydrogen-bond acceptors (Lipinski definition) is 6. The first kappa shape index (κ1) is 25.6. The minimum atomic E-state index is -4.41. The lowest BCUT2D eigenvalue weighted by atomic mass is 9.87. The van der Waals surface area contributed by atoms with Crippen LogP contribution in [0.5, 0.6) is 0 Å². The molecule has 0 fully saturated rings. The molecule has 1 amide bonds. The molecule has 2 atom stereocenters. The maximum atomic E-state index is 13.3. The first-order valence-electron chi connectivity index (χ1n) is 11.9. The van der Waals surface area contributed by atoms with E-state index in [-0.39, 0.29) is 5.91 Å². The van der Waals surface area contributed by atoms with Gasteiger partial charge in [-0.15, -0.1) is 10.2 Å². The summed E-state index contributed by atoms with van der Waals surface area (Å²) in [5.74, 6) is 0.611. The van der Waals surface area contributed by atoms with E-state index in [9.17, 15) is 18.0 Å². The number of benzene rings is 1. The Morgan fingerprint density at radius 1 is 1.28 bits per heavy atom. The van der Waals surface area contributed by atoms with Gasteiger partial charge in [0.25, 0.3) is 0 Å². The van der Waals surface area contributed by atoms with Crippen molar-refractivity contribution >= 4 is 11.7 Å². The van der Waals surface area contributed by atoms with Crippen LogP contribution in [0, 0.1) is 6.92 Å². The van der Waals surface area contributed by atoms with Gasteiger partial charge in [-0.25, -0.2) is 4.98 Å². The molecule has 0 unspecified atom stereocenters. The lowest BCUT2D eigenvalue weighted by molar-refractivity contribution is -0.137. The van der Waals surface area contributed by atoms with E-state index >= 15 is 0 Å². The van der Waals surface area contributed by atoms with Crippen LogP contribution in [0.1, 0.15) is 55.5 Å². The Balaban J connectivity index is 1.49. The fourth-order valence-electron chi connectivity index (χ4n) is 4.59. The van der Waals surface area contributed by atoms with Crippen molar-refractivity contribution in [1.29, 1.82) is 0 Å². The third-order valence-electron chi connectivity index (χ3n) is 6.75. The van der Waals surface area contributed by atoms with E-state index in [0.717, 1.165) is 47.6 Å². The monoisotopic (exact) mass is 501 g/mol. The molecule has 0 spiro atoms. The van der Waals surface area contributed by atoms with Gasteiger partial charge in [0.2, 0.25) is 11.7 Å². The number of amides is 1. The largest absolute Gasteiger partial charge is 0.416 e. The molecule has 3 heterocycles. The Morgan fingerprint density at radius 2 is 1.97 bits per heavy atom. The van der Waals surface area contributed by atoms with Crippen molar-refractivity contribution in [1.82, 2.24) is 30.1 Å². The number of aryl methyl sites for hydroxylation is 3. The maximum absolute atomic E-state index is 13.3. The second-order valence-electron chi connectivity index (χ2n) is 9.61. The Labute approximate surface area is 207 Å². The molecule has 11 heteroatoms. The number of pyridine rings is 1. The first-order chi connectivity index (χ1) is 16.9. The highest BCUT2D eigenvalue weighted by molar-refractivity contribution is 5.83. The molecule has 1 N–H and O–H groups in total. The number of fused-ring (bicyclic) bond motifs is 1. The molecule has 0 aliphatic carbocycles. The molecule has 36 heavy (non-hydrogen) atoms. The van der Waals surface area contributed by atoms with Crippen LogP contribution in [0.4, 0.5) is 19.0 Å². The summed E-state index contributed by atoms with van der Waals surface area (Å²) in [6.45, 7) is 8.52. The highest BCUT2D eigenvalue weighted by atomic mass is 19.4. The number of tetrazole rings is 1. The molecule has 1 aromatic carbocycles. The lowest BCUT2D eigenvalue weighted by Gasteiger charge is -2.40. The van der Waals surface area contributed by atoms with Crippen LogP contribution < -0.4 is 5.32 Å². The number of likely N-dealkylation sites (N-methyl/N-ethyl adjacent to an activating group) is 1. The quantitative estimate of drug-likeness (QED) is 0.540. The number of anilines is 1. The molecule has 3 aromatic rings. The number of alkyl halides is 3. The van der Waals surface area contributed by atoms with E-state index in [1.807, 2.05) is 19.9 Å². The molecule has 2 aromatic heterocycles. The number of nitrogens with zero attached hydrogens (tertiary/aromatic N) is 6. The highest BCUT2D eigenvalue weighted by Crippen LogP contribution is 2.34. The van der Waals surface area contributed by atoms with E-state index < -0.39 is 23.2 Å². The van der Waals surface area contributed by atoms with Gasteiger partial charge in [0, 0.05) is 18.7 Å². The Kier molecular flexibility index (Phi) is 6.76. The van der Waals surface area contributed by atoms with Crippen LogP contribution in [0.15, 0.2) is 30.3 Å². The van der Waals surface area contributed by atoms with Crippen molar-refractivity contribution in [2.75, 3.05) is 18.4 Å². The summed E-state index contributed by atoms with van der Waals surface area (Å²) in [7, 11) is 1.71. The predicted molar refractivity (Wildman–Crippen MR) is 129 cm³/mol. The second-order valence-corrected chi connectivity index (χ2v) is 9.61. The summed E-state index contributed by atoms with van der Waals surface area (Å²) in [6, 6.07) is 6.85. The zero-order valence-corrected chi connectivity index (χ0v) is 21.0. The van der Waals surface area contributed by atoms with Gasteiger partial charge < -0.3 is 10.2 Å². The van der Waals surface area contributed by atoms with Gasteiger partial charge in [-0.2, -0.15) is 18.0 Å². The van der Waals surface area contributed by atoms with Crippen LogP contribution in [-0.4, -0.2) is 54.6 Å². The summed E-state index contributed by atoms with van der Waals surface area (Å²) in [6.07, 6.45) is -2.87. The zero-order valence-electron chi connectivity index (χ0n) is 21.0. The highest BCUT2D eigenvalue weighted by Gasteiger charge is 2.35. The smallest absolute Gasteiger partial charge is 0.363 e. The van der Waals surface area contributed by atoms with Gasteiger partial charge in [-0.1, -0.05) is 12.1 Å². The fraction of sp³-hybridized carbons (Fsp3) is 0.480.